The van der Waals surface area contributed by atoms with Gasteiger partial charge in [-0.15, -0.1) is 0 Å². The normalized spacial score (nSPS) is 22.1. The lowest BCUT2D eigenvalue weighted by Crippen LogP contribution is -2.40. The van der Waals surface area contributed by atoms with Crippen LogP contribution in [-0.4, -0.2) is 27.7 Å². The topological polar surface area (TPSA) is 81.4 Å². The third-order valence-corrected chi connectivity index (χ3v) is 4.73. The molecule has 0 radical (unpaired) electrons. The van der Waals surface area contributed by atoms with Crippen molar-refractivity contribution in [3.63, 3.8) is 0 Å². The fraction of sp³-hybridized carbons (Fsp3) is 0.538. The number of ether oxygens (including phenoxy) is 1. The Morgan fingerprint density at radius 1 is 1.37 bits per heavy atom. The first-order valence-electron chi connectivity index (χ1n) is 6.44. The number of hydrogen-bond donors (Lipinski definition) is 2. The smallest absolute Gasteiger partial charge is 0.240 e. The van der Waals surface area contributed by atoms with Crippen molar-refractivity contribution < 1.29 is 13.2 Å². The molecule has 6 heteroatoms. The van der Waals surface area contributed by atoms with Crippen LogP contribution in [0.25, 0.3) is 0 Å². The van der Waals surface area contributed by atoms with Gasteiger partial charge in [-0.3, -0.25) is 0 Å². The SMILES string of the molecule is CC(N)c1ccc(S(=O)(=O)NC2CCCOC2)cc1. The zero-order valence-electron chi connectivity index (χ0n) is 11.0. The molecular formula is C13H20N2O3S. The van der Waals surface area contributed by atoms with Gasteiger partial charge in [0.15, 0.2) is 0 Å². The summed E-state index contributed by atoms with van der Waals surface area (Å²) in [5.74, 6) is 0. The number of nitrogens with two attached hydrogens (primary N) is 1. The lowest BCUT2D eigenvalue weighted by molar-refractivity contribution is 0.0774. The highest BCUT2D eigenvalue weighted by Crippen LogP contribution is 2.16. The van der Waals surface area contributed by atoms with Crippen LogP contribution in [0.5, 0.6) is 0 Å². The molecule has 106 valence electrons. The van der Waals surface area contributed by atoms with Gasteiger partial charge >= 0.3 is 0 Å². The molecule has 1 aromatic rings. The summed E-state index contributed by atoms with van der Waals surface area (Å²) in [5, 5.41) is 0. The van der Waals surface area contributed by atoms with E-state index in [4.69, 9.17) is 10.5 Å². The Labute approximate surface area is 114 Å². The van der Waals surface area contributed by atoms with Gasteiger partial charge in [-0.2, -0.15) is 0 Å². The van der Waals surface area contributed by atoms with Gasteiger partial charge in [-0.25, -0.2) is 13.1 Å². The highest BCUT2D eigenvalue weighted by Gasteiger charge is 2.22. The molecule has 0 amide bonds. The Kier molecular flexibility index (Phi) is 4.57. The van der Waals surface area contributed by atoms with Crippen LogP contribution in [0.4, 0.5) is 0 Å². The molecule has 2 unspecified atom stereocenters. The van der Waals surface area contributed by atoms with Crippen molar-refractivity contribution in [2.75, 3.05) is 13.2 Å². The molecule has 1 aliphatic rings. The average Bonchev–Trinajstić information content (AvgIpc) is 2.39. The quantitative estimate of drug-likeness (QED) is 0.869. The summed E-state index contributed by atoms with van der Waals surface area (Å²) in [6.45, 7) is 3.01. The van der Waals surface area contributed by atoms with Crippen LogP contribution in [0.15, 0.2) is 29.2 Å². The molecule has 5 nitrogen and oxygen atoms in total. The minimum Gasteiger partial charge on any atom is -0.380 e. The summed E-state index contributed by atoms with van der Waals surface area (Å²) >= 11 is 0. The maximum Gasteiger partial charge on any atom is 0.240 e. The van der Waals surface area contributed by atoms with E-state index in [0.29, 0.717) is 13.2 Å². The number of benzene rings is 1. The maximum atomic E-state index is 12.2. The zero-order chi connectivity index (χ0) is 13.9. The molecule has 0 aliphatic carbocycles. The number of rotatable bonds is 4. The molecule has 1 saturated heterocycles. The van der Waals surface area contributed by atoms with E-state index in [1.165, 1.54) is 0 Å². The van der Waals surface area contributed by atoms with Gasteiger partial charge in [0.1, 0.15) is 0 Å². The molecule has 0 saturated carbocycles. The standard InChI is InChI=1S/C13H20N2O3S/c1-10(14)11-4-6-13(7-5-11)19(16,17)15-12-3-2-8-18-9-12/h4-7,10,12,15H,2-3,8-9,14H2,1H3. The predicted molar refractivity (Wildman–Crippen MR) is 73.2 cm³/mol. The highest BCUT2D eigenvalue weighted by atomic mass is 32.2. The van der Waals surface area contributed by atoms with Crippen molar-refractivity contribution in [2.45, 2.75) is 36.7 Å². The van der Waals surface area contributed by atoms with Crippen molar-refractivity contribution >= 4 is 10.0 Å². The average molecular weight is 284 g/mol. The Morgan fingerprint density at radius 2 is 2.05 bits per heavy atom. The fourth-order valence-corrected chi connectivity index (χ4v) is 3.33. The Balaban J connectivity index is 2.10. The van der Waals surface area contributed by atoms with Crippen LogP contribution in [0.3, 0.4) is 0 Å². The van der Waals surface area contributed by atoms with Crippen molar-refractivity contribution in [3.8, 4) is 0 Å². The zero-order valence-corrected chi connectivity index (χ0v) is 11.8. The van der Waals surface area contributed by atoms with Gasteiger partial charge in [-0.05, 0) is 37.5 Å². The molecule has 0 bridgehead atoms. The third kappa shape index (κ3) is 3.76. The lowest BCUT2D eigenvalue weighted by atomic mass is 10.1. The van der Waals surface area contributed by atoms with Crippen molar-refractivity contribution in [3.05, 3.63) is 29.8 Å². The van der Waals surface area contributed by atoms with Crippen LogP contribution in [0, 0.1) is 0 Å². The van der Waals surface area contributed by atoms with Gasteiger partial charge < -0.3 is 10.5 Å². The molecule has 3 N–H and O–H groups in total. The minimum absolute atomic E-state index is 0.101. The molecule has 0 aromatic heterocycles. The van der Waals surface area contributed by atoms with Crippen LogP contribution in [0.2, 0.25) is 0 Å². The first-order chi connectivity index (χ1) is 8.99. The van der Waals surface area contributed by atoms with Crippen LogP contribution in [-0.2, 0) is 14.8 Å². The first-order valence-corrected chi connectivity index (χ1v) is 7.93. The van der Waals surface area contributed by atoms with Gasteiger partial charge in [0.05, 0.1) is 11.5 Å². The summed E-state index contributed by atoms with van der Waals surface area (Å²) in [4.78, 5) is 0.266. The number of hydrogen-bond acceptors (Lipinski definition) is 4. The molecule has 2 atom stereocenters. The van der Waals surface area contributed by atoms with E-state index in [1.54, 1.807) is 24.3 Å². The minimum atomic E-state index is -3.47. The van der Waals surface area contributed by atoms with Crippen molar-refractivity contribution in [1.82, 2.24) is 4.72 Å². The summed E-state index contributed by atoms with van der Waals surface area (Å²) in [7, 11) is -3.47. The van der Waals surface area contributed by atoms with E-state index in [0.717, 1.165) is 18.4 Å². The number of nitrogens with one attached hydrogen (secondary N) is 1. The molecule has 1 aromatic carbocycles. The fourth-order valence-electron chi connectivity index (χ4n) is 2.07. The lowest BCUT2D eigenvalue weighted by Gasteiger charge is -2.23. The molecular weight excluding hydrogens is 264 g/mol. The van der Waals surface area contributed by atoms with E-state index < -0.39 is 10.0 Å². The highest BCUT2D eigenvalue weighted by molar-refractivity contribution is 7.89. The summed E-state index contributed by atoms with van der Waals surface area (Å²) in [6, 6.07) is 6.44. The largest absolute Gasteiger partial charge is 0.380 e. The van der Waals surface area contributed by atoms with E-state index >= 15 is 0 Å². The molecule has 1 fully saturated rings. The van der Waals surface area contributed by atoms with Gasteiger partial charge in [0, 0.05) is 18.7 Å². The Hall–Kier alpha value is -0.950. The van der Waals surface area contributed by atoms with Crippen molar-refractivity contribution in [1.29, 1.82) is 0 Å². The Bertz CT molecular complexity index is 505. The molecule has 0 spiro atoms. The molecule has 1 aliphatic heterocycles. The van der Waals surface area contributed by atoms with E-state index in [1.807, 2.05) is 6.92 Å². The van der Waals surface area contributed by atoms with Crippen LogP contribution >= 0.6 is 0 Å². The van der Waals surface area contributed by atoms with E-state index in [9.17, 15) is 8.42 Å². The van der Waals surface area contributed by atoms with E-state index in [2.05, 4.69) is 4.72 Å². The maximum absolute atomic E-state index is 12.2. The summed E-state index contributed by atoms with van der Waals surface area (Å²) < 4.78 is 32.3. The van der Waals surface area contributed by atoms with Gasteiger partial charge in [0.25, 0.3) is 0 Å². The molecule has 1 heterocycles. The Morgan fingerprint density at radius 3 is 2.58 bits per heavy atom. The number of sulfonamides is 1. The summed E-state index contributed by atoms with van der Waals surface area (Å²) in [6.07, 6.45) is 1.70. The second kappa shape index (κ2) is 6.00. The van der Waals surface area contributed by atoms with Crippen LogP contribution in [0.1, 0.15) is 31.4 Å². The molecule has 19 heavy (non-hydrogen) atoms. The van der Waals surface area contributed by atoms with Crippen molar-refractivity contribution in [2.24, 2.45) is 5.73 Å². The van der Waals surface area contributed by atoms with Gasteiger partial charge in [0.2, 0.25) is 10.0 Å². The predicted octanol–water partition coefficient (Wildman–Crippen LogP) is 1.16. The first kappa shape index (κ1) is 14.5. The molecule has 2 rings (SSSR count). The second-order valence-electron chi connectivity index (χ2n) is 4.89. The second-order valence-corrected chi connectivity index (χ2v) is 6.61. The monoisotopic (exact) mass is 284 g/mol. The summed E-state index contributed by atoms with van der Waals surface area (Å²) in [5.41, 5.74) is 6.66. The van der Waals surface area contributed by atoms with Gasteiger partial charge in [-0.1, -0.05) is 12.1 Å². The van der Waals surface area contributed by atoms with Crippen LogP contribution < -0.4 is 10.5 Å². The van der Waals surface area contributed by atoms with E-state index in [-0.39, 0.29) is 17.0 Å². The third-order valence-electron chi connectivity index (χ3n) is 3.20.